The van der Waals surface area contributed by atoms with Gasteiger partial charge in [-0.25, -0.2) is 4.79 Å². The number of hydrogen-bond acceptors (Lipinski definition) is 6. The van der Waals surface area contributed by atoms with E-state index in [1.165, 1.54) is 0 Å². The highest BCUT2D eigenvalue weighted by atomic mass is 16.6. The van der Waals surface area contributed by atoms with E-state index in [1.807, 2.05) is 30.3 Å². The Kier molecular flexibility index (Phi) is 7.80. The van der Waals surface area contributed by atoms with Crippen molar-refractivity contribution in [2.24, 2.45) is 0 Å². The maximum atomic E-state index is 12.8. The summed E-state index contributed by atoms with van der Waals surface area (Å²) in [6, 6.07) is 8.18. The van der Waals surface area contributed by atoms with Crippen LogP contribution in [0.4, 0.5) is 4.79 Å². The van der Waals surface area contributed by atoms with Crippen LogP contribution in [0.3, 0.4) is 0 Å². The van der Waals surface area contributed by atoms with Crippen LogP contribution in [0.15, 0.2) is 30.3 Å². The maximum absolute atomic E-state index is 12.8. The van der Waals surface area contributed by atoms with Crippen molar-refractivity contribution in [2.75, 3.05) is 26.2 Å². The van der Waals surface area contributed by atoms with Gasteiger partial charge in [0, 0.05) is 26.2 Å². The molecule has 0 aliphatic carbocycles. The first kappa shape index (κ1) is 21.7. The molecular formula is C20H29N3O5. The summed E-state index contributed by atoms with van der Waals surface area (Å²) in [6.07, 6.45) is -0.999. The molecule has 1 atom stereocenters. The Morgan fingerprint density at radius 2 is 1.79 bits per heavy atom. The van der Waals surface area contributed by atoms with E-state index in [9.17, 15) is 14.4 Å². The van der Waals surface area contributed by atoms with Gasteiger partial charge >= 0.3 is 12.1 Å². The molecule has 1 fully saturated rings. The average Bonchev–Trinajstić information content (AvgIpc) is 2.65. The molecule has 28 heavy (non-hydrogen) atoms. The van der Waals surface area contributed by atoms with E-state index in [0.717, 1.165) is 5.56 Å². The lowest BCUT2D eigenvalue weighted by Gasteiger charge is -2.31. The van der Waals surface area contributed by atoms with E-state index in [4.69, 9.17) is 9.47 Å². The Morgan fingerprint density at radius 3 is 2.39 bits per heavy atom. The number of nitrogens with one attached hydrogen (secondary N) is 2. The second-order valence-electron chi connectivity index (χ2n) is 7.62. The molecule has 154 valence electrons. The van der Waals surface area contributed by atoms with Crippen LogP contribution >= 0.6 is 0 Å². The minimum atomic E-state index is -1.03. The van der Waals surface area contributed by atoms with Crippen molar-refractivity contribution in [3.8, 4) is 0 Å². The van der Waals surface area contributed by atoms with E-state index in [1.54, 1.807) is 25.7 Å². The second-order valence-corrected chi connectivity index (χ2v) is 7.62. The van der Waals surface area contributed by atoms with Crippen LogP contribution in [0.5, 0.6) is 0 Å². The van der Waals surface area contributed by atoms with E-state index < -0.39 is 23.7 Å². The lowest BCUT2D eigenvalue weighted by Crippen LogP contribution is -2.54. The van der Waals surface area contributed by atoms with Gasteiger partial charge < -0.3 is 25.0 Å². The minimum Gasteiger partial charge on any atom is -0.460 e. The predicted molar refractivity (Wildman–Crippen MR) is 103 cm³/mol. The largest absolute Gasteiger partial charge is 0.460 e. The van der Waals surface area contributed by atoms with Gasteiger partial charge in [0.25, 0.3) is 0 Å². The third kappa shape index (κ3) is 7.56. The van der Waals surface area contributed by atoms with Gasteiger partial charge in [-0.1, -0.05) is 30.3 Å². The summed E-state index contributed by atoms with van der Waals surface area (Å²) in [4.78, 5) is 38.9. The van der Waals surface area contributed by atoms with Crippen LogP contribution in [0.1, 0.15) is 32.8 Å². The van der Waals surface area contributed by atoms with Gasteiger partial charge in [0.1, 0.15) is 18.2 Å². The Balaban J connectivity index is 1.98. The van der Waals surface area contributed by atoms with Gasteiger partial charge in [0.15, 0.2) is 0 Å². The van der Waals surface area contributed by atoms with Crippen LogP contribution in [0, 0.1) is 0 Å². The van der Waals surface area contributed by atoms with Gasteiger partial charge in [-0.2, -0.15) is 0 Å². The number of carbonyl (C=O) groups excluding carboxylic acids is 3. The highest BCUT2D eigenvalue weighted by molar-refractivity contribution is 5.89. The van der Waals surface area contributed by atoms with Crippen LogP contribution < -0.4 is 10.6 Å². The first-order chi connectivity index (χ1) is 13.2. The SMILES string of the molecule is CC(C)(C)OC(=O)C[C@H](NC(=O)OCc1ccccc1)C(=O)N1CCNCC1. The Labute approximate surface area is 165 Å². The molecule has 0 spiro atoms. The third-order valence-corrected chi connectivity index (χ3v) is 4.02. The highest BCUT2D eigenvalue weighted by Gasteiger charge is 2.31. The molecule has 8 nitrogen and oxygen atoms in total. The number of ether oxygens (including phenoxy) is 2. The van der Waals surface area contributed by atoms with E-state index in [-0.39, 0.29) is 18.9 Å². The molecule has 1 aliphatic rings. The predicted octanol–water partition coefficient (Wildman–Crippen LogP) is 1.45. The van der Waals surface area contributed by atoms with Crippen molar-refractivity contribution in [1.29, 1.82) is 0 Å². The summed E-state index contributed by atoms with van der Waals surface area (Å²) in [6.45, 7) is 7.70. The molecule has 2 amide bonds. The Bertz CT molecular complexity index is 666. The van der Waals surface area contributed by atoms with Gasteiger partial charge in [-0.15, -0.1) is 0 Å². The molecule has 8 heteroatoms. The van der Waals surface area contributed by atoms with Gasteiger partial charge in [-0.3, -0.25) is 9.59 Å². The molecule has 1 aromatic rings. The summed E-state index contributed by atoms with van der Waals surface area (Å²) >= 11 is 0. The molecule has 0 saturated carbocycles. The number of hydrogen-bond donors (Lipinski definition) is 2. The van der Waals surface area contributed by atoms with Crippen LogP contribution in [-0.4, -0.2) is 60.7 Å². The van der Waals surface area contributed by atoms with Gasteiger partial charge in [-0.05, 0) is 26.3 Å². The van der Waals surface area contributed by atoms with Gasteiger partial charge in [0.2, 0.25) is 5.91 Å². The molecule has 1 saturated heterocycles. The monoisotopic (exact) mass is 391 g/mol. The molecule has 2 rings (SSSR count). The molecule has 0 unspecified atom stereocenters. The van der Waals surface area contributed by atoms with E-state index >= 15 is 0 Å². The minimum absolute atomic E-state index is 0.0770. The number of benzene rings is 1. The summed E-state index contributed by atoms with van der Waals surface area (Å²) in [5.41, 5.74) is 0.155. The molecular weight excluding hydrogens is 362 g/mol. The topological polar surface area (TPSA) is 97.0 Å². The quantitative estimate of drug-likeness (QED) is 0.713. The number of esters is 1. The number of rotatable bonds is 6. The summed E-state index contributed by atoms with van der Waals surface area (Å²) < 4.78 is 10.5. The fraction of sp³-hybridized carbons (Fsp3) is 0.550. The Morgan fingerprint density at radius 1 is 1.14 bits per heavy atom. The summed E-state index contributed by atoms with van der Waals surface area (Å²) in [7, 11) is 0. The maximum Gasteiger partial charge on any atom is 0.408 e. The number of amides is 2. The number of carbonyl (C=O) groups is 3. The number of nitrogens with zero attached hydrogens (tertiary/aromatic N) is 1. The second kappa shape index (κ2) is 10.1. The number of alkyl carbamates (subject to hydrolysis) is 1. The van der Waals surface area contributed by atoms with Crippen LogP contribution in [0.2, 0.25) is 0 Å². The van der Waals surface area contributed by atoms with Crippen molar-refractivity contribution in [3.05, 3.63) is 35.9 Å². The lowest BCUT2D eigenvalue weighted by molar-refractivity contribution is -0.157. The molecule has 1 heterocycles. The summed E-state index contributed by atoms with van der Waals surface area (Å²) in [5, 5.41) is 5.69. The molecule has 0 radical (unpaired) electrons. The third-order valence-electron chi connectivity index (χ3n) is 4.02. The van der Waals surface area contributed by atoms with E-state index in [2.05, 4.69) is 10.6 Å². The molecule has 1 aromatic carbocycles. The normalized spacial score (nSPS) is 15.5. The zero-order chi connectivity index (χ0) is 20.6. The van der Waals surface area contributed by atoms with Gasteiger partial charge in [0.05, 0.1) is 6.42 Å². The van der Waals surface area contributed by atoms with Crippen LogP contribution in [-0.2, 0) is 25.7 Å². The lowest BCUT2D eigenvalue weighted by atomic mass is 10.1. The fourth-order valence-electron chi connectivity index (χ4n) is 2.76. The Hall–Kier alpha value is -2.61. The highest BCUT2D eigenvalue weighted by Crippen LogP contribution is 2.11. The van der Waals surface area contributed by atoms with Crippen molar-refractivity contribution in [2.45, 2.75) is 45.4 Å². The van der Waals surface area contributed by atoms with Crippen LogP contribution in [0.25, 0.3) is 0 Å². The standard InChI is InChI=1S/C20H29N3O5/c1-20(2,3)28-17(24)13-16(18(25)23-11-9-21-10-12-23)22-19(26)27-14-15-7-5-4-6-8-15/h4-8,16,21H,9-14H2,1-3H3,(H,22,26)/t16-/m0/s1. The molecule has 1 aliphatic heterocycles. The smallest absolute Gasteiger partial charge is 0.408 e. The molecule has 0 aromatic heterocycles. The fourth-order valence-corrected chi connectivity index (χ4v) is 2.76. The first-order valence-corrected chi connectivity index (χ1v) is 9.43. The molecule has 2 N–H and O–H groups in total. The van der Waals surface area contributed by atoms with Crippen molar-refractivity contribution < 1.29 is 23.9 Å². The summed E-state index contributed by atoms with van der Waals surface area (Å²) in [5.74, 6) is -0.867. The zero-order valence-electron chi connectivity index (χ0n) is 16.7. The van der Waals surface area contributed by atoms with Crippen molar-refractivity contribution in [1.82, 2.24) is 15.5 Å². The zero-order valence-corrected chi connectivity index (χ0v) is 16.7. The van der Waals surface area contributed by atoms with Crippen molar-refractivity contribution in [3.63, 3.8) is 0 Å². The number of piperazine rings is 1. The van der Waals surface area contributed by atoms with Crippen molar-refractivity contribution >= 4 is 18.0 Å². The molecule has 0 bridgehead atoms. The first-order valence-electron chi connectivity index (χ1n) is 9.43. The average molecular weight is 391 g/mol. The van der Waals surface area contributed by atoms with E-state index in [0.29, 0.717) is 26.2 Å².